The second-order valence-electron chi connectivity index (χ2n) is 3.81. The lowest BCUT2D eigenvalue weighted by atomic mass is 10.1. The number of nitriles is 1. The molecule has 0 fully saturated rings. The van der Waals surface area contributed by atoms with Crippen LogP contribution in [0.3, 0.4) is 0 Å². The minimum Gasteiger partial charge on any atom is -0.384 e. The molecule has 2 aromatic rings. The van der Waals surface area contributed by atoms with Gasteiger partial charge in [-0.05, 0) is 30.2 Å². The van der Waals surface area contributed by atoms with Gasteiger partial charge in [0.1, 0.15) is 17.4 Å². The molecule has 1 aromatic carbocycles. The summed E-state index contributed by atoms with van der Waals surface area (Å²) >= 11 is 0. The lowest BCUT2D eigenvalue weighted by molar-refractivity contribution is 0.624. The van der Waals surface area contributed by atoms with Crippen molar-refractivity contribution in [3.05, 3.63) is 59.7 Å². The van der Waals surface area contributed by atoms with Crippen LogP contribution in [-0.4, -0.2) is 11.5 Å². The van der Waals surface area contributed by atoms with Crippen LogP contribution in [-0.2, 0) is 6.42 Å². The molecule has 0 atom stereocenters. The molecule has 90 valence electrons. The smallest absolute Gasteiger partial charge is 0.143 e. The molecule has 0 aliphatic rings. The highest BCUT2D eigenvalue weighted by atomic mass is 19.1. The van der Waals surface area contributed by atoms with Crippen LogP contribution in [0.1, 0.15) is 11.1 Å². The summed E-state index contributed by atoms with van der Waals surface area (Å²) in [5.41, 5.74) is 1.69. The Morgan fingerprint density at radius 1 is 1.28 bits per heavy atom. The third-order valence-corrected chi connectivity index (χ3v) is 2.58. The fraction of sp³-hybridized carbons (Fsp3) is 0.143. The second-order valence-corrected chi connectivity index (χ2v) is 3.81. The van der Waals surface area contributed by atoms with E-state index in [4.69, 9.17) is 5.26 Å². The first kappa shape index (κ1) is 12.1. The first-order valence-corrected chi connectivity index (χ1v) is 5.62. The standard InChI is InChI=1S/C14H12FN3/c15-13-4-1-5-14(12(13)9-16)18-8-6-11-3-2-7-17-10-11/h1-5,7,10,18H,6,8H2. The molecule has 4 heteroatoms. The van der Waals surface area contributed by atoms with Crippen LogP contribution < -0.4 is 5.32 Å². The summed E-state index contributed by atoms with van der Waals surface area (Å²) in [6.07, 6.45) is 4.28. The van der Waals surface area contributed by atoms with Crippen LogP contribution in [0.15, 0.2) is 42.7 Å². The van der Waals surface area contributed by atoms with Crippen LogP contribution >= 0.6 is 0 Å². The Hall–Kier alpha value is -2.41. The van der Waals surface area contributed by atoms with E-state index < -0.39 is 5.82 Å². The van der Waals surface area contributed by atoms with E-state index in [1.165, 1.54) is 6.07 Å². The topological polar surface area (TPSA) is 48.7 Å². The van der Waals surface area contributed by atoms with E-state index in [2.05, 4.69) is 10.3 Å². The van der Waals surface area contributed by atoms with Gasteiger partial charge in [-0.15, -0.1) is 0 Å². The maximum Gasteiger partial charge on any atom is 0.143 e. The van der Waals surface area contributed by atoms with Crippen LogP contribution in [0.25, 0.3) is 0 Å². The first-order chi connectivity index (χ1) is 8.81. The van der Waals surface area contributed by atoms with Crippen molar-refractivity contribution in [2.75, 3.05) is 11.9 Å². The number of hydrogen-bond donors (Lipinski definition) is 1. The fourth-order valence-electron chi connectivity index (χ4n) is 1.67. The van der Waals surface area contributed by atoms with Crippen molar-refractivity contribution in [1.82, 2.24) is 4.98 Å². The van der Waals surface area contributed by atoms with Gasteiger partial charge in [-0.3, -0.25) is 4.98 Å². The third-order valence-electron chi connectivity index (χ3n) is 2.58. The minimum atomic E-state index is -0.496. The van der Waals surface area contributed by atoms with Crippen LogP contribution in [0.5, 0.6) is 0 Å². The van der Waals surface area contributed by atoms with Gasteiger partial charge < -0.3 is 5.32 Å². The monoisotopic (exact) mass is 241 g/mol. The molecule has 0 aliphatic carbocycles. The normalized spacial score (nSPS) is 9.78. The van der Waals surface area contributed by atoms with Crippen molar-refractivity contribution in [1.29, 1.82) is 5.26 Å². The summed E-state index contributed by atoms with van der Waals surface area (Å²) < 4.78 is 13.3. The van der Waals surface area contributed by atoms with E-state index >= 15 is 0 Å². The number of rotatable bonds is 4. The maximum atomic E-state index is 13.3. The molecule has 0 bridgehead atoms. The van der Waals surface area contributed by atoms with Gasteiger partial charge in [0, 0.05) is 18.9 Å². The Morgan fingerprint density at radius 2 is 2.17 bits per heavy atom. The Kier molecular flexibility index (Phi) is 3.87. The van der Waals surface area contributed by atoms with E-state index in [-0.39, 0.29) is 5.56 Å². The van der Waals surface area contributed by atoms with Crippen LogP contribution in [0, 0.1) is 17.1 Å². The van der Waals surface area contributed by atoms with Gasteiger partial charge in [-0.25, -0.2) is 4.39 Å². The Morgan fingerprint density at radius 3 is 2.89 bits per heavy atom. The van der Waals surface area contributed by atoms with E-state index in [1.807, 2.05) is 18.2 Å². The van der Waals surface area contributed by atoms with Gasteiger partial charge in [-0.1, -0.05) is 12.1 Å². The quantitative estimate of drug-likeness (QED) is 0.895. The highest BCUT2D eigenvalue weighted by Crippen LogP contribution is 2.17. The summed E-state index contributed by atoms with van der Waals surface area (Å²) in [5.74, 6) is -0.496. The molecule has 2 rings (SSSR count). The van der Waals surface area contributed by atoms with Gasteiger partial charge in [0.05, 0.1) is 5.69 Å². The zero-order valence-electron chi connectivity index (χ0n) is 9.73. The summed E-state index contributed by atoms with van der Waals surface area (Å²) in [6, 6.07) is 10.3. The average Bonchev–Trinajstić information content (AvgIpc) is 2.40. The fourth-order valence-corrected chi connectivity index (χ4v) is 1.67. The van der Waals surface area contributed by atoms with E-state index in [0.29, 0.717) is 12.2 Å². The molecule has 0 radical (unpaired) electrons. The molecular weight excluding hydrogens is 229 g/mol. The number of halogens is 1. The molecule has 0 spiro atoms. The predicted molar refractivity (Wildman–Crippen MR) is 67.5 cm³/mol. The largest absolute Gasteiger partial charge is 0.384 e. The Balaban J connectivity index is 1.99. The molecule has 3 nitrogen and oxygen atoms in total. The highest BCUT2D eigenvalue weighted by molar-refractivity contribution is 5.57. The lowest BCUT2D eigenvalue weighted by Crippen LogP contribution is -2.07. The third kappa shape index (κ3) is 2.83. The number of hydrogen-bond acceptors (Lipinski definition) is 3. The molecule has 0 unspecified atom stereocenters. The van der Waals surface area contributed by atoms with E-state index in [9.17, 15) is 4.39 Å². The zero-order chi connectivity index (χ0) is 12.8. The molecule has 1 aromatic heterocycles. The average molecular weight is 241 g/mol. The summed E-state index contributed by atoms with van der Waals surface area (Å²) in [7, 11) is 0. The number of benzene rings is 1. The molecule has 0 saturated heterocycles. The van der Waals surface area contributed by atoms with Crippen molar-refractivity contribution < 1.29 is 4.39 Å². The van der Waals surface area contributed by atoms with Crippen molar-refractivity contribution in [2.24, 2.45) is 0 Å². The number of pyridine rings is 1. The lowest BCUT2D eigenvalue weighted by Gasteiger charge is -2.08. The second kappa shape index (κ2) is 5.78. The van der Waals surface area contributed by atoms with Crippen molar-refractivity contribution in [3.63, 3.8) is 0 Å². The van der Waals surface area contributed by atoms with Crippen molar-refractivity contribution >= 4 is 5.69 Å². The van der Waals surface area contributed by atoms with Gasteiger partial charge in [0.25, 0.3) is 0 Å². The number of aromatic nitrogens is 1. The molecule has 1 heterocycles. The van der Waals surface area contributed by atoms with Gasteiger partial charge in [-0.2, -0.15) is 5.26 Å². The summed E-state index contributed by atoms with van der Waals surface area (Å²) in [5, 5.41) is 11.9. The summed E-state index contributed by atoms with van der Waals surface area (Å²) in [4.78, 5) is 4.02. The molecule has 1 N–H and O–H groups in total. The van der Waals surface area contributed by atoms with Crippen LogP contribution in [0.2, 0.25) is 0 Å². The zero-order valence-corrected chi connectivity index (χ0v) is 9.73. The van der Waals surface area contributed by atoms with E-state index in [0.717, 1.165) is 12.0 Å². The van der Waals surface area contributed by atoms with Crippen molar-refractivity contribution in [3.8, 4) is 6.07 Å². The predicted octanol–water partition coefficient (Wildman–Crippen LogP) is 2.75. The Bertz CT molecular complexity index is 561. The SMILES string of the molecule is N#Cc1c(F)cccc1NCCc1cccnc1. The van der Waals surface area contributed by atoms with Crippen LogP contribution in [0.4, 0.5) is 10.1 Å². The maximum absolute atomic E-state index is 13.3. The highest BCUT2D eigenvalue weighted by Gasteiger charge is 2.06. The first-order valence-electron chi connectivity index (χ1n) is 5.62. The minimum absolute atomic E-state index is 0.0590. The molecule has 0 aliphatic heterocycles. The molecule has 18 heavy (non-hydrogen) atoms. The number of nitrogens with zero attached hydrogens (tertiary/aromatic N) is 2. The van der Waals surface area contributed by atoms with E-state index in [1.54, 1.807) is 24.5 Å². The molecule has 0 amide bonds. The Labute approximate surface area is 105 Å². The van der Waals surface area contributed by atoms with Crippen molar-refractivity contribution in [2.45, 2.75) is 6.42 Å². The van der Waals surface area contributed by atoms with Gasteiger partial charge >= 0.3 is 0 Å². The number of anilines is 1. The molecular formula is C14H12FN3. The molecule has 0 saturated carbocycles. The van der Waals surface area contributed by atoms with Gasteiger partial charge in [0.15, 0.2) is 0 Å². The van der Waals surface area contributed by atoms with Gasteiger partial charge in [0.2, 0.25) is 0 Å². The number of nitrogens with one attached hydrogen (secondary N) is 1. The summed E-state index contributed by atoms with van der Waals surface area (Å²) in [6.45, 7) is 0.629.